The maximum Gasteiger partial charge on any atom is 0.341 e. The van der Waals surface area contributed by atoms with Gasteiger partial charge in [-0.1, -0.05) is 29.3 Å². The van der Waals surface area contributed by atoms with Crippen molar-refractivity contribution in [2.24, 2.45) is 0 Å². The van der Waals surface area contributed by atoms with Gasteiger partial charge < -0.3 is 9.84 Å². The Morgan fingerprint density at radius 2 is 2.06 bits per heavy atom. The van der Waals surface area contributed by atoms with Crippen molar-refractivity contribution in [3.63, 3.8) is 0 Å². The highest BCUT2D eigenvalue weighted by atomic mass is 35.5. The summed E-state index contributed by atoms with van der Waals surface area (Å²) in [7, 11) is 0. The topological polar surface area (TPSA) is 46.5 Å². The molecule has 0 aliphatic rings. The second-order valence-electron chi connectivity index (χ2n) is 3.41. The number of carboxylic acids is 1. The Labute approximate surface area is 118 Å². The van der Waals surface area contributed by atoms with Gasteiger partial charge in [-0.3, -0.25) is 0 Å². The van der Waals surface area contributed by atoms with E-state index in [-0.39, 0.29) is 22.9 Å². The molecule has 2 rings (SSSR count). The lowest BCUT2D eigenvalue weighted by Gasteiger charge is -2.09. The standard InChI is InChI=1S/C12H8Cl2O3S/c13-8-2-1-3-9(11(8)12(15)16)17-6-7-4-5-10(14)18-7/h1-5H,6H2,(H,15,16). The van der Waals surface area contributed by atoms with E-state index >= 15 is 0 Å². The SMILES string of the molecule is O=C(O)c1c(Cl)cccc1OCc1ccc(Cl)s1. The van der Waals surface area contributed by atoms with Gasteiger partial charge in [-0.25, -0.2) is 4.79 Å². The number of ether oxygens (including phenoxy) is 1. The second-order valence-corrected chi connectivity index (χ2v) is 5.62. The van der Waals surface area contributed by atoms with Gasteiger partial charge in [0.25, 0.3) is 0 Å². The average molecular weight is 303 g/mol. The Kier molecular flexibility index (Phi) is 4.11. The number of carbonyl (C=O) groups is 1. The first-order chi connectivity index (χ1) is 8.58. The van der Waals surface area contributed by atoms with Crippen LogP contribution in [0.4, 0.5) is 0 Å². The summed E-state index contributed by atoms with van der Waals surface area (Å²) in [6, 6.07) is 8.33. The Balaban J connectivity index is 2.19. The number of carboxylic acid groups (broad SMARTS) is 1. The van der Waals surface area contributed by atoms with Crippen LogP contribution in [-0.4, -0.2) is 11.1 Å². The third-order valence-electron chi connectivity index (χ3n) is 2.19. The number of hydrogen-bond donors (Lipinski definition) is 1. The zero-order chi connectivity index (χ0) is 13.1. The molecule has 0 atom stereocenters. The number of aromatic carboxylic acids is 1. The van der Waals surface area contributed by atoms with Crippen LogP contribution in [0.1, 0.15) is 15.2 Å². The highest BCUT2D eigenvalue weighted by molar-refractivity contribution is 7.16. The minimum atomic E-state index is -1.11. The molecule has 1 aromatic heterocycles. The van der Waals surface area contributed by atoms with Crippen LogP contribution in [0.2, 0.25) is 9.36 Å². The summed E-state index contributed by atoms with van der Waals surface area (Å²) in [5.41, 5.74) is -0.0261. The predicted molar refractivity (Wildman–Crippen MR) is 72.1 cm³/mol. The summed E-state index contributed by atoms with van der Waals surface area (Å²) in [6.45, 7) is 0.262. The number of rotatable bonds is 4. The van der Waals surface area contributed by atoms with E-state index in [1.165, 1.54) is 17.4 Å². The molecular formula is C12H8Cl2O3S. The van der Waals surface area contributed by atoms with Crippen molar-refractivity contribution in [2.75, 3.05) is 0 Å². The van der Waals surface area contributed by atoms with Crippen LogP contribution in [-0.2, 0) is 6.61 Å². The van der Waals surface area contributed by atoms with Crippen molar-refractivity contribution in [3.05, 3.63) is 50.1 Å². The molecule has 1 N–H and O–H groups in total. The smallest absolute Gasteiger partial charge is 0.341 e. The van der Waals surface area contributed by atoms with E-state index in [4.69, 9.17) is 33.0 Å². The normalized spacial score (nSPS) is 10.3. The van der Waals surface area contributed by atoms with E-state index in [0.29, 0.717) is 4.34 Å². The molecule has 0 amide bonds. The van der Waals surface area contributed by atoms with Gasteiger partial charge in [0.05, 0.1) is 9.36 Å². The molecular weight excluding hydrogens is 295 g/mol. The third kappa shape index (κ3) is 2.96. The van der Waals surface area contributed by atoms with Gasteiger partial charge in [-0.15, -0.1) is 11.3 Å². The lowest BCUT2D eigenvalue weighted by molar-refractivity contribution is 0.0692. The van der Waals surface area contributed by atoms with Gasteiger partial charge in [-0.05, 0) is 24.3 Å². The zero-order valence-electron chi connectivity index (χ0n) is 9.02. The van der Waals surface area contributed by atoms with Gasteiger partial charge in [0, 0.05) is 4.88 Å². The van der Waals surface area contributed by atoms with E-state index in [0.717, 1.165) is 4.88 Å². The lowest BCUT2D eigenvalue weighted by Crippen LogP contribution is -2.03. The van der Waals surface area contributed by atoms with Crippen molar-refractivity contribution >= 4 is 40.5 Å². The van der Waals surface area contributed by atoms with Gasteiger partial charge in [0.15, 0.2) is 0 Å². The predicted octanol–water partition coefficient (Wildman–Crippen LogP) is 4.33. The van der Waals surface area contributed by atoms with Crippen molar-refractivity contribution in [2.45, 2.75) is 6.61 Å². The van der Waals surface area contributed by atoms with Crippen LogP contribution in [0.25, 0.3) is 0 Å². The quantitative estimate of drug-likeness (QED) is 0.914. The van der Waals surface area contributed by atoms with Crippen LogP contribution in [0, 0.1) is 0 Å². The molecule has 0 saturated heterocycles. The van der Waals surface area contributed by atoms with Crippen molar-refractivity contribution in [1.29, 1.82) is 0 Å². The van der Waals surface area contributed by atoms with E-state index in [1.807, 2.05) is 6.07 Å². The first-order valence-electron chi connectivity index (χ1n) is 4.96. The van der Waals surface area contributed by atoms with E-state index in [1.54, 1.807) is 18.2 Å². The molecule has 0 bridgehead atoms. The Morgan fingerprint density at radius 1 is 1.28 bits per heavy atom. The van der Waals surface area contributed by atoms with Gasteiger partial charge in [-0.2, -0.15) is 0 Å². The number of halogens is 2. The lowest BCUT2D eigenvalue weighted by atomic mass is 10.2. The Hall–Kier alpha value is -1.23. The fourth-order valence-corrected chi connectivity index (χ4v) is 2.66. The van der Waals surface area contributed by atoms with Crippen molar-refractivity contribution in [3.8, 4) is 5.75 Å². The molecule has 1 heterocycles. The first kappa shape index (κ1) is 13.2. The summed E-state index contributed by atoms with van der Waals surface area (Å²) < 4.78 is 6.13. The number of hydrogen-bond acceptors (Lipinski definition) is 3. The van der Waals surface area contributed by atoms with E-state index in [2.05, 4.69) is 0 Å². The van der Waals surface area contributed by atoms with Gasteiger partial charge in [0.2, 0.25) is 0 Å². The summed E-state index contributed by atoms with van der Waals surface area (Å²) in [4.78, 5) is 12.0. The molecule has 0 fully saturated rings. The largest absolute Gasteiger partial charge is 0.487 e. The Morgan fingerprint density at radius 3 is 2.67 bits per heavy atom. The molecule has 0 saturated carbocycles. The molecule has 0 aliphatic heterocycles. The number of benzene rings is 1. The highest BCUT2D eigenvalue weighted by Gasteiger charge is 2.15. The van der Waals surface area contributed by atoms with Gasteiger partial charge >= 0.3 is 5.97 Å². The number of thiophene rings is 1. The Bertz CT molecular complexity index is 580. The molecule has 6 heteroatoms. The molecule has 2 aromatic rings. The molecule has 1 aromatic carbocycles. The van der Waals surface area contributed by atoms with Crippen LogP contribution in [0.15, 0.2) is 30.3 Å². The van der Waals surface area contributed by atoms with Crippen LogP contribution in [0.5, 0.6) is 5.75 Å². The monoisotopic (exact) mass is 302 g/mol. The molecule has 0 unspecified atom stereocenters. The fourth-order valence-electron chi connectivity index (χ4n) is 1.41. The molecule has 0 spiro atoms. The van der Waals surface area contributed by atoms with Crippen molar-refractivity contribution < 1.29 is 14.6 Å². The summed E-state index contributed by atoms with van der Waals surface area (Å²) in [5.74, 6) is -0.862. The molecule has 0 aliphatic carbocycles. The minimum Gasteiger partial charge on any atom is -0.487 e. The maximum atomic E-state index is 11.1. The minimum absolute atomic E-state index is 0.0261. The van der Waals surface area contributed by atoms with Crippen LogP contribution < -0.4 is 4.74 Å². The maximum absolute atomic E-state index is 11.1. The summed E-state index contributed by atoms with van der Waals surface area (Å²) in [5, 5.41) is 9.22. The van der Waals surface area contributed by atoms with Crippen molar-refractivity contribution in [1.82, 2.24) is 0 Å². The molecule has 3 nitrogen and oxygen atoms in total. The fraction of sp³-hybridized carbons (Fsp3) is 0.0833. The van der Waals surface area contributed by atoms with Gasteiger partial charge in [0.1, 0.15) is 17.9 Å². The first-order valence-corrected chi connectivity index (χ1v) is 6.54. The molecule has 18 heavy (non-hydrogen) atoms. The molecule has 0 radical (unpaired) electrons. The highest BCUT2D eigenvalue weighted by Crippen LogP contribution is 2.28. The third-order valence-corrected chi connectivity index (χ3v) is 3.71. The zero-order valence-corrected chi connectivity index (χ0v) is 11.4. The average Bonchev–Trinajstić information content (AvgIpc) is 2.72. The van der Waals surface area contributed by atoms with E-state index in [9.17, 15) is 4.79 Å². The summed E-state index contributed by atoms with van der Waals surface area (Å²) in [6.07, 6.45) is 0. The van der Waals surface area contributed by atoms with Crippen LogP contribution in [0.3, 0.4) is 0 Å². The van der Waals surface area contributed by atoms with Crippen LogP contribution >= 0.6 is 34.5 Å². The summed E-state index contributed by atoms with van der Waals surface area (Å²) >= 11 is 13.0. The second kappa shape index (κ2) is 5.61. The van der Waals surface area contributed by atoms with E-state index < -0.39 is 5.97 Å². The molecule has 94 valence electrons.